The lowest BCUT2D eigenvalue weighted by Gasteiger charge is -2.43. The van der Waals surface area contributed by atoms with Crippen LogP contribution in [0.15, 0.2) is 53.1 Å². The van der Waals surface area contributed by atoms with Gasteiger partial charge in [0, 0.05) is 6.61 Å². The molecule has 0 spiro atoms. The van der Waals surface area contributed by atoms with Crippen LogP contribution in [0, 0.1) is 11.3 Å². The first-order valence-corrected chi connectivity index (χ1v) is 9.55. The van der Waals surface area contributed by atoms with Gasteiger partial charge in [-0.15, -0.1) is 0 Å². The zero-order valence-electron chi connectivity index (χ0n) is 15.5. The topological polar surface area (TPSA) is 34.4 Å². The van der Waals surface area contributed by atoms with Gasteiger partial charge >= 0.3 is 0 Å². The maximum absolute atomic E-state index is 6.06. The first-order chi connectivity index (χ1) is 12.2. The average molecular weight is 341 g/mol. The maximum Gasteiger partial charge on any atom is 0.117 e. The van der Waals surface area contributed by atoms with Crippen molar-refractivity contribution in [2.75, 3.05) is 13.2 Å². The van der Waals surface area contributed by atoms with E-state index in [9.17, 15) is 0 Å². The van der Waals surface area contributed by atoms with E-state index in [1.807, 2.05) is 12.1 Å². The molecular weight excluding hydrogens is 310 g/mol. The van der Waals surface area contributed by atoms with Crippen LogP contribution in [0.4, 0.5) is 0 Å². The number of hydrogen-bond donors (Lipinski definition) is 1. The normalized spacial score (nSPS) is 23.9. The smallest absolute Gasteiger partial charge is 0.117 e. The van der Waals surface area contributed by atoms with E-state index in [1.54, 1.807) is 6.26 Å². The number of hydrogen-bond acceptors (Lipinski definition) is 3. The molecule has 1 saturated heterocycles. The van der Waals surface area contributed by atoms with Gasteiger partial charge < -0.3 is 14.5 Å². The Morgan fingerprint density at radius 3 is 2.72 bits per heavy atom. The quantitative estimate of drug-likeness (QED) is 0.699. The zero-order chi connectivity index (χ0) is 17.5. The van der Waals surface area contributed by atoms with Gasteiger partial charge in [-0.3, -0.25) is 0 Å². The molecule has 1 aliphatic rings. The largest absolute Gasteiger partial charge is 0.468 e. The molecule has 2 atom stereocenters. The number of furan rings is 1. The van der Waals surface area contributed by atoms with Crippen molar-refractivity contribution >= 4 is 0 Å². The third-order valence-electron chi connectivity index (χ3n) is 5.48. The van der Waals surface area contributed by atoms with E-state index in [0.29, 0.717) is 17.4 Å². The molecule has 0 radical (unpaired) electrons. The van der Waals surface area contributed by atoms with Gasteiger partial charge in [-0.25, -0.2) is 0 Å². The molecule has 1 aliphatic heterocycles. The molecule has 2 aromatic rings. The second kappa shape index (κ2) is 8.68. The molecule has 1 N–H and O–H groups in total. The Balaban J connectivity index is 1.63. The third-order valence-corrected chi connectivity index (χ3v) is 5.48. The fourth-order valence-corrected chi connectivity index (χ4v) is 3.93. The molecule has 2 unspecified atom stereocenters. The summed E-state index contributed by atoms with van der Waals surface area (Å²) in [4.78, 5) is 0. The lowest BCUT2D eigenvalue weighted by Crippen LogP contribution is -2.41. The monoisotopic (exact) mass is 341 g/mol. The van der Waals surface area contributed by atoms with Crippen molar-refractivity contribution in [3.8, 4) is 0 Å². The van der Waals surface area contributed by atoms with E-state index in [2.05, 4.69) is 49.5 Å². The summed E-state index contributed by atoms with van der Waals surface area (Å²) >= 11 is 0. The molecule has 0 amide bonds. The molecule has 0 bridgehead atoms. The summed E-state index contributed by atoms with van der Waals surface area (Å²) in [6, 6.07) is 14.9. The molecule has 0 saturated carbocycles. The Morgan fingerprint density at radius 1 is 1.16 bits per heavy atom. The van der Waals surface area contributed by atoms with Gasteiger partial charge in [0.25, 0.3) is 0 Å². The maximum atomic E-state index is 6.06. The summed E-state index contributed by atoms with van der Waals surface area (Å²) in [5, 5.41) is 3.56. The summed E-state index contributed by atoms with van der Waals surface area (Å²) < 4.78 is 11.5. The predicted molar refractivity (Wildman–Crippen MR) is 101 cm³/mol. The average Bonchev–Trinajstić information content (AvgIpc) is 3.13. The van der Waals surface area contributed by atoms with Gasteiger partial charge in [-0.1, -0.05) is 44.2 Å². The van der Waals surface area contributed by atoms with Gasteiger partial charge in [0.1, 0.15) is 5.76 Å². The van der Waals surface area contributed by atoms with E-state index in [1.165, 1.54) is 12.0 Å². The molecule has 3 rings (SSSR count). The van der Waals surface area contributed by atoms with Crippen molar-refractivity contribution in [1.29, 1.82) is 0 Å². The van der Waals surface area contributed by atoms with Crippen molar-refractivity contribution in [3.05, 3.63) is 60.1 Å². The minimum absolute atomic E-state index is 0.324. The fourth-order valence-electron chi connectivity index (χ4n) is 3.93. The van der Waals surface area contributed by atoms with Gasteiger partial charge in [0.2, 0.25) is 0 Å². The lowest BCUT2D eigenvalue weighted by molar-refractivity contribution is -0.0720. The van der Waals surface area contributed by atoms with Crippen molar-refractivity contribution < 1.29 is 9.15 Å². The molecular formula is C22H31NO2. The van der Waals surface area contributed by atoms with Crippen LogP contribution in [0.1, 0.15) is 44.4 Å². The highest BCUT2D eigenvalue weighted by atomic mass is 16.5. The van der Waals surface area contributed by atoms with Crippen molar-refractivity contribution in [2.24, 2.45) is 11.3 Å². The standard InChI is InChI=1S/C22H31NO2/c1-18(2)21-16-22(11-14-25-21,15-19-7-4-3-5-8-19)10-12-23-17-20-9-6-13-24-20/h3-9,13,18,21,23H,10-12,14-17H2,1-2H3. The molecule has 1 fully saturated rings. The van der Waals surface area contributed by atoms with E-state index in [-0.39, 0.29) is 0 Å². The van der Waals surface area contributed by atoms with Crippen LogP contribution < -0.4 is 5.32 Å². The summed E-state index contributed by atoms with van der Waals surface area (Å²) in [5.74, 6) is 1.58. The van der Waals surface area contributed by atoms with Crippen LogP contribution in [-0.2, 0) is 17.7 Å². The molecule has 2 heterocycles. The van der Waals surface area contributed by atoms with E-state index >= 15 is 0 Å². The summed E-state index contributed by atoms with van der Waals surface area (Å²) in [6.07, 6.45) is 6.73. The van der Waals surface area contributed by atoms with Gasteiger partial charge in [-0.2, -0.15) is 0 Å². The molecule has 136 valence electrons. The first kappa shape index (κ1) is 18.2. The molecule has 0 aliphatic carbocycles. The van der Waals surface area contributed by atoms with E-state index in [0.717, 1.165) is 44.7 Å². The highest BCUT2D eigenvalue weighted by Gasteiger charge is 2.37. The second-order valence-electron chi connectivity index (χ2n) is 7.78. The van der Waals surface area contributed by atoms with Gasteiger partial charge in [0.05, 0.1) is 18.9 Å². The third kappa shape index (κ3) is 5.20. The van der Waals surface area contributed by atoms with Gasteiger partial charge in [-0.05, 0) is 61.3 Å². The Bertz CT molecular complexity index is 608. The van der Waals surface area contributed by atoms with E-state index < -0.39 is 0 Å². The lowest BCUT2D eigenvalue weighted by atomic mass is 9.69. The Hall–Kier alpha value is -1.58. The molecule has 3 nitrogen and oxygen atoms in total. The fraction of sp³-hybridized carbons (Fsp3) is 0.545. The first-order valence-electron chi connectivity index (χ1n) is 9.55. The van der Waals surface area contributed by atoms with Crippen LogP contribution in [-0.4, -0.2) is 19.3 Å². The van der Waals surface area contributed by atoms with Crippen LogP contribution >= 0.6 is 0 Å². The van der Waals surface area contributed by atoms with Crippen molar-refractivity contribution in [3.63, 3.8) is 0 Å². The summed E-state index contributed by atoms with van der Waals surface area (Å²) in [7, 11) is 0. The van der Waals surface area contributed by atoms with Crippen LogP contribution in [0.3, 0.4) is 0 Å². The Kier molecular flexibility index (Phi) is 6.33. The van der Waals surface area contributed by atoms with E-state index in [4.69, 9.17) is 9.15 Å². The minimum Gasteiger partial charge on any atom is -0.468 e. The number of ether oxygens (including phenoxy) is 1. The van der Waals surface area contributed by atoms with Crippen LogP contribution in [0.25, 0.3) is 0 Å². The molecule has 1 aromatic carbocycles. The summed E-state index contributed by atoms with van der Waals surface area (Å²) in [5.41, 5.74) is 1.77. The highest BCUT2D eigenvalue weighted by molar-refractivity contribution is 5.17. The number of benzene rings is 1. The van der Waals surface area contributed by atoms with Crippen molar-refractivity contribution in [2.45, 2.75) is 52.2 Å². The highest BCUT2D eigenvalue weighted by Crippen LogP contribution is 2.41. The van der Waals surface area contributed by atoms with Crippen LogP contribution in [0.5, 0.6) is 0 Å². The minimum atomic E-state index is 0.324. The Morgan fingerprint density at radius 2 is 2.00 bits per heavy atom. The Labute approximate surface area is 151 Å². The number of nitrogens with one attached hydrogen (secondary N) is 1. The van der Waals surface area contributed by atoms with Crippen LogP contribution in [0.2, 0.25) is 0 Å². The SMILES string of the molecule is CC(C)C1CC(CCNCc2ccco2)(Cc2ccccc2)CCO1. The second-order valence-corrected chi connectivity index (χ2v) is 7.78. The molecule has 1 aromatic heterocycles. The summed E-state index contributed by atoms with van der Waals surface area (Å²) in [6.45, 7) is 7.25. The zero-order valence-corrected chi connectivity index (χ0v) is 15.5. The predicted octanol–water partition coefficient (Wildman–Crippen LogP) is 4.82. The molecule has 3 heteroatoms. The van der Waals surface area contributed by atoms with Crippen molar-refractivity contribution in [1.82, 2.24) is 5.32 Å². The number of rotatable bonds is 8. The molecule has 25 heavy (non-hydrogen) atoms. The van der Waals surface area contributed by atoms with Gasteiger partial charge in [0.15, 0.2) is 0 Å².